The topological polar surface area (TPSA) is 74.6 Å². The lowest BCUT2D eigenvalue weighted by Gasteiger charge is -2.32. The first kappa shape index (κ1) is 18.9. The van der Waals surface area contributed by atoms with E-state index in [-0.39, 0.29) is 11.6 Å². The van der Waals surface area contributed by atoms with Crippen LogP contribution < -0.4 is 10.6 Å². The van der Waals surface area contributed by atoms with Crippen LogP contribution in [0.4, 0.5) is 19.3 Å². The number of hydrogen-bond acceptors (Lipinski definition) is 3. The summed E-state index contributed by atoms with van der Waals surface area (Å²) in [5.74, 6) is -1.06. The van der Waals surface area contributed by atoms with E-state index < -0.39 is 17.7 Å². The fourth-order valence-corrected chi connectivity index (χ4v) is 3.10. The van der Waals surface area contributed by atoms with Gasteiger partial charge in [0.05, 0.1) is 17.5 Å². The summed E-state index contributed by atoms with van der Waals surface area (Å²) in [6, 6.07) is 4.11. The third kappa shape index (κ3) is 5.06. The number of urea groups is 1. The van der Waals surface area contributed by atoms with E-state index >= 15 is 0 Å². The number of nitrogens with zero attached hydrogens (tertiary/aromatic N) is 1. The number of hydrogen-bond donors (Lipinski definition) is 2. The Hall–Kier alpha value is -2.90. The molecule has 27 heavy (non-hydrogen) atoms. The van der Waals surface area contributed by atoms with Gasteiger partial charge in [-0.1, -0.05) is 0 Å². The SMILES string of the molecule is O=C(NCCC1CCN(C(=O)Nc2cc(F)ccc2F)CC1)c1ccoc1. The number of benzene rings is 1. The standard InChI is InChI=1S/C19H21F2N3O3/c20-15-1-2-16(21)17(11-15)23-19(26)24-8-4-13(5-9-24)3-7-22-18(25)14-6-10-27-12-14/h1-2,6,10-13H,3-5,7-9H2,(H,22,25)(H,23,26). The number of carbonyl (C=O) groups excluding carboxylic acids is 2. The first-order valence-corrected chi connectivity index (χ1v) is 8.84. The monoisotopic (exact) mass is 377 g/mol. The number of halogens is 2. The molecule has 1 aliphatic rings. The summed E-state index contributed by atoms with van der Waals surface area (Å²) in [5.41, 5.74) is 0.329. The van der Waals surface area contributed by atoms with Crippen LogP contribution in [0.1, 0.15) is 29.6 Å². The number of piperidine rings is 1. The van der Waals surface area contributed by atoms with Gasteiger partial charge in [-0.3, -0.25) is 4.79 Å². The normalized spacial score (nSPS) is 14.8. The van der Waals surface area contributed by atoms with Crippen LogP contribution >= 0.6 is 0 Å². The average molecular weight is 377 g/mol. The minimum atomic E-state index is -0.673. The maximum absolute atomic E-state index is 13.6. The van der Waals surface area contributed by atoms with Gasteiger partial charge in [-0.25, -0.2) is 13.6 Å². The lowest BCUT2D eigenvalue weighted by Crippen LogP contribution is -2.41. The lowest BCUT2D eigenvalue weighted by molar-refractivity contribution is 0.0949. The highest BCUT2D eigenvalue weighted by Crippen LogP contribution is 2.22. The highest BCUT2D eigenvalue weighted by Gasteiger charge is 2.23. The summed E-state index contributed by atoms with van der Waals surface area (Å²) in [5, 5.41) is 5.26. The van der Waals surface area contributed by atoms with Gasteiger partial charge in [0.15, 0.2) is 0 Å². The molecule has 0 aliphatic carbocycles. The van der Waals surface area contributed by atoms with Crippen molar-refractivity contribution in [3.63, 3.8) is 0 Å². The molecule has 1 saturated heterocycles. The van der Waals surface area contributed by atoms with E-state index in [0.29, 0.717) is 31.1 Å². The number of carbonyl (C=O) groups is 2. The molecule has 1 aromatic carbocycles. The van der Waals surface area contributed by atoms with Crippen LogP contribution in [0.25, 0.3) is 0 Å². The largest absolute Gasteiger partial charge is 0.472 e. The molecule has 0 saturated carbocycles. The second-order valence-corrected chi connectivity index (χ2v) is 6.54. The Morgan fingerprint density at radius 3 is 2.67 bits per heavy atom. The van der Waals surface area contributed by atoms with Crippen molar-refractivity contribution in [1.29, 1.82) is 0 Å². The summed E-state index contributed by atoms with van der Waals surface area (Å²) in [6.45, 7) is 1.61. The van der Waals surface area contributed by atoms with E-state index in [9.17, 15) is 18.4 Å². The molecule has 144 valence electrons. The van der Waals surface area contributed by atoms with Gasteiger partial charge in [-0.15, -0.1) is 0 Å². The van der Waals surface area contributed by atoms with E-state index in [4.69, 9.17) is 4.42 Å². The molecule has 2 N–H and O–H groups in total. The molecule has 0 bridgehead atoms. The molecule has 2 heterocycles. The summed E-state index contributed by atoms with van der Waals surface area (Å²) < 4.78 is 31.7. The molecule has 0 atom stereocenters. The van der Waals surface area contributed by atoms with E-state index in [1.54, 1.807) is 11.0 Å². The molecule has 3 rings (SSSR count). The Morgan fingerprint density at radius 2 is 1.96 bits per heavy atom. The molecular formula is C19H21F2N3O3. The number of amides is 3. The lowest BCUT2D eigenvalue weighted by atomic mass is 9.93. The number of nitrogens with one attached hydrogen (secondary N) is 2. The molecule has 2 aromatic rings. The van der Waals surface area contributed by atoms with Crippen molar-refractivity contribution in [3.8, 4) is 0 Å². The quantitative estimate of drug-likeness (QED) is 0.836. The van der Waals surface area contributed by atoms with Gasteiger partial charge in [0.1, 0.15) is 17.9 Å². The molecule has 1 aliphatic heterocycles. The number of anilines is 1. The van der Waals surface area contributed by atoms with Gasteiger partial charge in [-0.05, 0) is 43.4 Å². The molecule has 0 spiro atoms. The van der Waals surface area contributed by atoms with Crippen molar-refractivity contribution in [3.05, 3.63) is 54.0 Å². The van der Waals surface area contributed by atoms with Crippen molar-refractivity contribution >= 4 is 17.6 Å². The number of furan rings is 1. The van der Waals surface area contributed by atoms with Crippen LogP contribution in [0, 0.1) is 17.6 Å². The predicted octanol–water partition coefficient (Wildman–Crippen LogP) is 3.62. The summed E-state index contributed by atoms with van der Waals surface area (Å²) >= 11 is 0. The first-order chi connectivity index (χ1) is 13.0. The van der Waals surface area contributed by atoms with Crippen molar-refractivity contribution < 1.29 is 22.8 Å². The number of rotatable bonds is 5. The second kappa shape index (κ2) is 8.66. The van der Waals surface area contributed by atoms with Crippen LogP contribution in [0.15, 0.2) is 41.2 Å². The molecule has 6 nitrogen and oxygen atoms in total. The van der Waals surface area contributed by atoms with Crippen molar-refractivity contribution in [2.24, 2.45) is 5.92 Å². The molecular weight excluding hydrogens is 356 g/mol. The maximum atomic E-state index is 13.6. The van der Waals surface area contributed by atoms with Gasteiger partial charge in [-0.2, -0.15) is 0 Å². The Balaban J connectivity index is 1.40. The minimum absolute atomic E-state index is 0.163. The predicted molar refractivity (Wildman–Crippen MR) is 95.3 cm³/mol. The molecule has 1 fully saturated rings. The zero-order chi connectivity index (χ0) is 19.2. The van der Waals surface area contributed by atoms with Crippen molar-refractivity contribution in [1.82, 2.24) is 10.2 Å². The van der Waals surface area contributed by atoms with Crippen LogP contribution in [-0.2, 0) is 0 Å². The van der Waals surface area contributed by atoms with Crippen molar-refractivity contribution in [2.75, 3.05) is 25.0 Å². The van der Waals surface area contributed by atoms with E-state index in [1.807, 2.05) is 0 Å². The maximum Gasteiger partial charge on any atom is 0.321 e. The van der Waals surface area contributed by atoms with Crippen molar-refractivity contribution in [2.45, 2.75) is 19.3 Å². The Bertz CT molecular complexity index is 788. The van der Waals surface area contributed by atoms with E-state index in [0.717, 1.165) is 37.5 Å². The van der Waals surface area contributed by atoms with Crippen LogP contribution in [0.5, 0.6) is 0 Å². The third-order valence-electron chi connectivity index (χ3n) is 4.69. The zero-order valence-corrected chi connectivity index (χ0v) is 14.7. The molecule has 0 unspecified atom stereocenters. The molecule has 1 aromatic heterocycles. The highest BCUT2D eigenvalue weighted by molar-refractivity contribution is 5.93. The van der Waals surface area contributed by atoms with Gasteiger partial charge in [0.25, 0.3) is 5.91 Å². The highest BCUT2D eigenvalue weighted by atomic mass is 19.1. The zero-order valence-electron chi connectivity index (χ0n) is 14.7. The van der Waals surface area contributed by atoms with Gasteiger partial charge < -0.3 is 20.0 Å². The molecule has 8 heteroatoms. The Labute approximate surface area is 155 Å². The fraction of sp³-hybridized carbons (Fsp3) is 0.368. The van der Waals surface area contributed by atoms with E-state index in [1.165, 1.54) is 12.5 Å². The summed E-state index contributed by atoms with van der Waals surface area (Å²) in [4.78, 5) is 25.6. The van der Waals surface area contributed by atoms with Crippen LogP contribution in [0.3, 0.4) is 0 Å². The smallest absolute Gasteiger partial charge is 0.321 e. The Morgan fingerprint density at radius 1 is 1.19 bits per heavy atom. The van der Waals surface area contributed by atoms with Gasteiger partial charge >= 0.3 is 6.03 Å². The molecule has 0 radical (unpaired) electrons. The minimum Gasteiger partial charge on any atom is -0.472 e. The van der Waals surface area contributed by atoms with Gasteiger partial charge in [0.2, 0.25) is 0 Å². The Kier molecular flexibility index (Phi) is 6.05. The molecule has 3 amide bonds. The first-order valence-electron chi connectivity index (χ1n) is 8.84. The fourth-order valence-electron chi connectivity index (χ4n) is 3.10. The number of likely N-dealkylation sites (tertiary alicyclic amines) is 1. The second-order valence-electron chi connectivity index (χ2n) is 6.54. The summed E-state index contributed by atoms with van der Waals surface area (Å²) in [6.07, 6.45) is 5.25. The van der Waals surface area contributed by atoms with E-state index in [2.05, 4.69) is 10.6 Å². The third-order valence-corrected chi connectivity index (χ3v) is 4.69. The summed E-state index contributed by atoms with van der Waals surface area (Å²) in [7, 11) is 0. The van der Waals surface area contributed by atoms with Gasteiger partial charge in [0, 0.05) is 25.7 Å². The van der Waals surface area contributed by atoms with Crippen LogP contribution in [0.2, 0.25) is 0 Å². The van der Waals surface area contributed by atoms with Crippen LogP contribution in [-0.4, -0.2) is 36.5 Å². The average Bonchev–Trinajstić information content (AvgIpc) is 3.20.